The van der Waals surface area contributed by atoms with Gasteiger partial charge in [0.25, 0.3) is 0 Å². The van der Waals surface area contributed by atoms with Crippen LogP contribution in [0.3, 0.4) is 0 Å². The van der Waals surface area contributed by atoms with Crippen molar-refractivity contribution in [1.82, 2.24) is 9.55 Å². The molecule has 0 saturated carbocycles. The second kappa shape index (κ2) is 4.19. The van der Waals surface area contributed by atoms with Gasteiger partial charge in [-0.25, -0.2) is 4.98 Å². The molecular weight excluding hydrogens is 252 g/mol. The molecule has 0 spiro atoms. The highest BCUT2D eigenvalue weighted by Gasteiger charge is 2.07. The lowest BCUT2D eigenvalue weighted by Crippen LogP contribution is -1.85. The summed E-state index contributed by atoms with van der Waals surface area (Å²) in [6.45, 7) is 2.16. The number of benzene rings is 1. The SMILES string of the molecule is CCc1ccc(-c2ncn(C)c2Br)cc1. The zero-order chi connectivity index (χ0) is 10.8. The van der Waals surface area contributed by atoms with Crippen molar-refractivity contribution in [1.29, 1.82) is 0 Å². The van der Waals surface area contributed by atoms with Crippen molar-refractivity contribution in [3.63, 3.8) is 0 Å². The molecule has 0 bridgehead atoms. The van der Waals surface area contributed by atoms with E-state index in [1.165, 1.54) is 5.56 Å². The Labute approximate surface area is 98.1 Å². The molecule has 2 rings (SSSR count). The maximum Gasteiger partial charge on any atom is 0.112 e. The second-order valence-corrected chi connectivity index (χ2v) is 4.30. The fourth-order valence-corrected chi connectivity index (χ4v) is 1.93. The molecule has 0 unspecified atom stereocenters. The Kier molecular flexibility index (Phi) is 2.91. The first-order valence-corrected chi connectivity index (χ1v) is 5.77. The van der Waals surface area contributed by atoms with Gasteiger partial charge in [-0.15, -0.1) is 0 Å². The maximum atomic E-state index is 4.36. The van der Waals surface area contributed by atoms with Gasteiger partial charge < -0.3 is 4.57 Å². The van der Waals surface area contributed by atoms with Crippen molar-refractivity contribution in [3.05, 3.63) is 40.8 Å². The number of halogens is 1. The first-order chi connectivity index (χ1) is 7.22. The molecule has 1 aromatic carbocycles. The van der Waals surface area contributed by atoms with Crippen LogP contribution in [0, 0.1) is 0 Å². The van der Waals surface area contributed by atoms with Gasteiger partial charge in [0.15, 0.2) is 0 Å². The number of hydrogen-bond acceptors (Lipinski definition) is 1. The van der Waals surface area contributed by atoms with Crippen LogP contribution in [0.2, 0.25) is 0 Å². The molecule has 0 amide bonds. The molecule has 0 radical (unpaired) electrons. The van der Waals surface area contributed by atoms with E-state index >= 15 is 0 Å². The lowest BCUT2D eigenvalue weighted by Gasteiger charge is -2.01. The largest absolute Gasteiger partial charge is 0.328 e. The van der Waals surface area contributed by atoms with E-state index in [-0.39, 0.29) is 0 Å². The average Bonchev–Trinajstić information content (AvgIpc) is 2.60. The van der Waals surface area contributed by atoms with Crippen LogP contribution in [0.4, 0.5) is 0 Å². The molecule has 2 nitrogen and oxygen atoms in total. The molecule has 0 aliphatic heterocycles. The summed E-state index contributed by atoms with van der Waals surface area (Å²) in [6.07, 6.45) is 2.89. The zero-order valence-corrected chi connectivity index (χ0v) is 10.5. The van der Waals surface area contributed by atoms with E-state index in [2.05, 4.69) is 52.1 Å². The molecule has 0 aliphatic carbocycles. The van der Waals surface area contributed by atoms with E-state index in [0.717, 1.165) is 22.3 Å². The molecule has 3 heteroatoms. The maximum absolute atomic E-state index is 4.36. The van der Waals surface area contributed by atoms with Crippen molar-refractivity contribution < 1.29 is 0 Å². The fourth-order valence-electron chi connectivity index (χ4n) is 1.51. The topological polar surface area (TPSA) is 17.8 Å². The van der Waals surface area contributed by atoms with E-state index in [1.807, 2.05) is 17.9 Å². The van der Waals surface area contributed by atoms with Gasteiger partial charge in [-0.3, -0.25) is 0 Å². The molecule has 0 saturated heterocycles. The van der Waals surface area contributed by atoms with Gasteiger partial charge in [0.1, 0.15) is 10.3 Å². The van der Waals surface area contributed by atoms with Gasteiger partial charge >= 0.3 is 0 Å². The van der Waals surface area contributed by atoms with Gasteiger partial charge in [0.05, 0.1) is 6.33 Å². The van der Waals surface area contributed by atoms with E-state index in [9.17, 15) is 0 Å². The smallest absolute Gasteiger partial charge is 0.112 e. The molecule has 0 atom stereocenters. The summed E-state index contributed by atoms with van der Waals surface area (Å²) in [4.78, 5) is 4.36. The quantitative estimate of drug-likeness (QED) is 0.813. The summed E-state index contributed by atoms with van der Waals surface area (Å²) in [5.74, 6) is 0. The van der Waals surface area contributed by atoms with Crippen LogP contribution in [0.25, 0.3) is 11.3 Å². The third-order valence-corrected chi connectivity index (χ3v) is 3.44. The predicted octanol–water partition coefficient (Wildman–Crippen LogP) is 3.41. The lowest BCUT2D eigenvalue weighted by molar-refractivity contribution is 0.891. The summed E-state index contributed by atoms with van der Waals surface area (Å²) >= 11 is 3.52. The van der Waals surface area contributed by atoms with E-state index in [0.29, 0.717) is 0 Å². The number of aromatic nitrogens is 2. The van der Waals surface area contributed by atoms with E-state index in [4.69, 9.17) is 0 Å². The third kappa shape index (κ3) is 1.97. The van der Waals surface area contributed by atoms with Crippen molar-refractivity contribution in [2.24, 2.45) is 7.05 Å². The molecule has 1 heterocycles. The van der Waals surface area contributed by atoms with Crippen LogP contribution in [0.5, 0.6) is 0 Å². The molecular formula is C12H13BrN2. The summed E-state index contributed by atoms with van der Waals surface area (Å²) in [5, 5.41) is 0. The summed E-state index contributed by atoms with van der Waals surface area (Å²) in [5.41, 5.74) is 3.51. The average molecular weight is 265 g/mol. The van der Waals surface area contributed by atoms with Gasteiger partial charge in [0, 0.05) is 12.6 Å². The first-order valence-electron chi connectivity index (χ1n) is 4.98. The third-order valence-electron chi connectivity index (χ3n) is 2.50. The number of imidazole rings is 1. The summed E-state index contributed by atoms with van der Waals surface area (Å²) in [6, 6.07) is 8.53. The highest BCUT2D eigenvalue weighted by Crippen LogP contribution is 2.26. The van der Waals surface area contributed by atoms with Crippen LogP contribution in [-0.2, 0) is 13.5 Å². The number of rotatable bonds is 2. The van der Waals surface area contributed by atoms with E-state index < -0.39 is 0 Å². The summed E-state index contributed by atoms with van der Waals surface area (Å²) in [7, 11) is 1.97. The first kappa shape index (κ1) is 10.4. The highest BCUT2D eigenvalue weighted by molar-refractivity contribution is 9.10. The molecule has 2 aromatic rings. The number of nitrogens with zero attached hydrogens (tertiary/aromatic N) is 2. The Hall–Kier alpha value is -1.09. The Balaban J connectivity index is 2.41. The summed E-state index contributed by atoms with van der Waals surface area (Å²) < 4.78 is 2.98. The molecule has 15 heavy (non-hydrogen) atoms. The van der Waals surface area contributed by atoms with Crippen LogP contribution < -0.4 is 0 Å². The molecule has 0 fully saturated rings. The van der Waals surface area contributed by atoms with Gasteiger partial charge in [-0.1, -0.05) is 31.2 Å². The molecule has 0 N–H and O–H groups in total. The number of hydrogen-bond donors (Lipinski definition) is 0. The molecule has 0 aliphatic rings. The Bertz CT molecular complexity index is 457. The van der Waals surface area contributed by atoms with Crippen LogP contribution in [0.15, 0.2) is 35.2 Å². The predicted molar refractivity (Wildman–Crippen MR) is 65.7 cm³/mol. The number of aryl methyl sites for hydroxylation is 2. The highest BCUT2D eigenvalue weighted by atomic mass is 79.9. The van der Waals surface area contributed by atoms with Gasteiger partial charge in [-0.05, 0) is 27.9 Å². The Morgan fingerprint density at radius 2 is 1.93 bits per heavy atom. The van der Waals surface area contributed by atoms with Gasteiger partial charge in [-0.2, -0.15) is 0 Å². The Morgan fingerprint density at radius 1 is 1.27 bits per heavy atom. The fraction of sp³-hybridized carbons (Fsp3) is 0.250. The van der Waals surface area contributed by atoms with Crippen LogP contribution in [0.1, 0.15) is 12.5 Å². The minimum Gasteiger partial charge on any atom is -0.328 e. The van der Waals surface area contributed by atoms with Gasteiger partial charge in [0.2, 0.25) is 0 Å². The molecule has 78 valence electrons. The standard InChI is InChI=1S/C12H13BrN2/c1-3-9-4-6-10(7-5-9)11-12(13)15(2)8-14-11/h4-8H,3H2,1-2H3. The normalized spacial score (nSPS) is 10.6. The molecule has 1 aromatic heterocycles. The van der Waals surface area contributed by atoms with Crippen molar-refractivity contribution >= 4 is 15.9 Å². The Morgan fingerprint density at radius 3 is 2.40 bits per heavy atom. The minimum absolute atomic E-state index is 1.00. The van der Waals surface area contributed by atoms with E-state index in [1.54, 1.807) is 0 Å². The van der Waals surface area contributed by atoms with Crippen molar-refractivity contribution in [2.45, 2.75) is 13.3 Å². The zero-order valence-electron chi connectivity index (χ0n) is 8.87. The van der Waals surface area contributed by atoms with Crippen molar-refractivity contribution in [3.8, 4) is 11.3 Å². The minimum atomic E-state index is 1.00. The lowest BCUT2D eigenvalue weighted by atomic mass is 10.1. The van der Waals surface area contributed by atoms with Crippen LogP contribution >= 0.6 is 15.9 Å². The van der Waals surface area contributed by atoms with Crippen molar-refractivity contribution in [2.75, 3.05) is 0 Å². The second-order valence-electron chi connectivity index (χ2n) is 3.55. The van der Waals surface area contributed by atoms with Crippen LogP contribution in [-0.4, -0.2) is 9.55 Å². The monoisotopic (exact) mass is 264 g/mol.